The van der Waals surface area contributed by atoms with Gasteiger partial charge in [0, 0.05) is 0 Å². The average Bonchev–Trinajstić information content (AvgIpc) is 2.52. The number of aliphatic hydroxyl groups is 5. The summed E-state index contributed by atoms with van der Waals surface area (Å²) < 4.78 is 16.1. The van der Waals surface area contributed by atoms with E-state index in [1.165, 1.54) is 0 Å². The number of ether oxygens (including phenoxy) is 3. The molecule has 9 unspecified atom stereocenters. The van der Waals surface area contributed by atoms with Crippen molar-refractivity contribution in [2.75, 3.05) is 19.8 Å². The maximum absolute atomic E-state index is 10.1. The van der Waals surface area contributed by atoms with E-state index in [-0.39, 0.29) is 6.61 Å². The van der Waals surface area contributed by atoms with Crippen LogP contribution >= 0.6 is 0 Å². The van der Waals surface area contributed by atoms with Crippen LogP contribution in [0, 0.1) is 0 Å². The van der Waals surface area contributed by atoms with Gasteiger partial charge in [0.15, 0.2) is 6.29 Å². The first kappa shape index (κ1) is 17.9. The highest BCUT2D eigenvalue weighted by Gasteiger charge is 2.47. The van der Waals surface area contributed by atoms with Gasteiger partial charge in [0.2, 0.25) is 0 Å². The minimum absolute atomic E-state index is 0.0600. The molecular weight excluding hydrogens is 300 g/mol. The molecule has 2 aliphatic rings. The van der Waals surface area contributed by atoms with Gasteiger partial charge in [0.05, 0.1) is 31.9 Å². The molecule has 2 heterocycles. The van der Waals surface area contributed by atoms with Gasteiger partial charge in [0.1, 0.15) is 36.6 Å². The van der Waals surface area contributed by atoms with Crippen molar-refractivity contribution in [3.05, 3.63) is 0 Å². The highest BCUT2D eigenvalue weighted by Crippen LogP contribution is 2.25. The smallest absolute Gasteiger partial charge is 0.176 e. The molecule has 0 amide bonds. The minimum Gasteiger partial charge on any atom is -0.394 e. The third-order valence-corrected chi connectivity index (χ3v) is 4.04. The second-order valence-corrected chi connectivity index (χ2v) is 5.59. The third-order valence-electron chi connectivity index (χ3n) is 4.04. The third kappa shape index (κ3) is 3.41. The maximum Gasteiger partial charge on any atom is 0.176 e. The van der Waals surface area contributed by atoms with Crippen molar-refractivity contribution in [3.8, 4) is 0 Å². The lowest BCUT2D eigenvalue weighted by molar-refractivity contribution is -0.305. The molecule has 0 aromatic heterocycles. The van der Waals surface area contributed by atoms with Crippen LogP contribution in [0.1, 0.15) is 0 Å². The van der Waals surface area contributed by atoms with Gasteiger partial charge in [-0.2, -0.15) is 0 Å². The summed E-state index contributed by atoms with van der Waals surface area (Å²) in [5, 5.41) is 48.1. The highest BCUT2D eigenvalue weighted by atomic mass is 16.7. The molecule has 0 spiro atoms. The van der Waals surface area contributed by atoms with Crippen LogP contribution in [-0.4, -0.2) is 100 Å². The second kappa shape index (κ2) is 7.45. The minimum atomic E-state index is -1.38. The number of aliphatic hydroxyl groups excluding tert-OH is 5. The van der Waals surface area contributed by atoms with Gasteiger partial charge in [-0.25, -0.2) is 0 Å². The van der Waals surface area contributed by atoms with E-state index in [9.17, 15) is 20.4 Å². The SMILES string of the molecule is NC1COC(CO)C(OC2OC(CO)C(O)C(O)C2N)C1O. The monoisotopic (exact) mass is 324 g/mol. The summed E-state index contributed by atoms with van der Waals surface area (Å²) in [6.45, 7) is -0.896. The number of hydrogen-bond acceptors (Lipinski definition) is 10. The predicted octanol–water partition coefficient (Wildman–Crippen LogP) is -4.78. The van der Waals surface area contributed by atoms with Gasteiger partial charge in [-0.1, -0.05) is 0 Å². The summed E-state index contributed by atoms with van der Waals surface area (Å²) in [6.07, 6.45) is -8.00. The normalized spacial score (nSPS) is 50.0. The van der Waals surface area contributed by atoms with Crippen LogP contribution in [0.5, 0.6) is 0 Å². The fourth-order valence-electron chi connectivity index (χ4n) is 2.60. The number of hydrogen-bond donors (Lipinski definition) is 7. The van der Waals surface area contributed by atoms with Crippen LogP contribution < -0.4 is 11.5 Å². The summed E-state index contributed by atoms with van der Waals surface area (Å²) in [6, 6.07) is -1.82. The second-order valence-electron chi connectivity index (χ2n) is 5.59. The maximum atomic E-state index is 10.1. The molecular formula is C12H24N2O8. The molecule has 10 heteroatoms. The lowest BCUT2D eigenvalue weighted by atomic mass is 9.96. The molecule has 2 saturated heterocycles. The van der Waals surface area contributed by atoms with E-state index in [4.69, 9.17) is 30.8 Å². The first-order valence-corrected chi connectivity index (χ1v) is 7.10. The zero-order valence-electron chi connectivity index (χ0n) is 11.9. The summed E-state index contributed by atoms with van der Waals surface area (Å²) in [5.74, 6) is 0. The zero-order chi connectivity index (χ0) is 16.4. The standard InChI is InChI=1S/C12H24N2O8/c13-4-3-20-6(2-16)11(8(4)17)22-12-7(14)10(19)9(18)5(1-15)21-12/h4-12,15-19H,1-3,13-14H2. The van der Waals surface area contributed by atoms with E-state index in [0.29, 0.717) is 0 Å². The Morgan fingerprint density at radius 2 is 1.59 bits per heavy atom. The molecule has 0 radical (unpaired) electrons. The van der Waals surface area contributed by atoms with Gasteiger partial charge >= 0.3 is 0 Å². The van der Waals surface area contributed by atoms with Crippen LogP contribution in [-0.2, 0) is 14.2 Å². The van der Waals surface area contributed by atoms with Gasteiger partial charge < -0.3 is 51.2 Å². The van der Waals surface area contributed by atoms with Gasteiger partial charge in [-0.3, -0.25) is 0 Å². The van der Waals surface area contributed by atoms with Gasteiger partial charge in [0.25, 0.3) is 0 Å². The van der Waals surface area contributed by atoms with Crippen LogP contribution in [0.25, 0.3) is 0 Å². The molecule has 10 nitrogen and oxygen atoms in total. The molecule has 2 rings (SSSR count). The Morgan fingerprint density at radius 1 is 0.955 bits per heavy atom. The topological polar surface area (TPSA) is 181 Å². The predicted molar refractivity (Wildman–Crippen MR) is 71.4 cm³/mol. The summed E-state index contributed by atoms with van der Waals surface area (Å²) in [5.41, 5.74) is 11.4. The van der Waals surface area contributed by atoms with Gasteiger partial charge in [-0.15, -0.1) is 0 Å². The number of rotatable bonds is 4. The molecule has 9 atom stereocenters. The molecule has 0 saturated carbocycles. The molecule has 9 N–H and O–H groups in total. The zero-order valence-corrected chi connectivity index (χ0v) is 11.9. The summed E-state index contributed by atoms with van der Waals surface area (Å²) in [4.78, 5) is 0. The quantitative estimate of drug-likeness (QED) is 0.265. The fraction of sp³-hybridized carbons (Fsp3) is 1.00. The Bertz CT molecular complexity index is 358. The number of nitrogens with two attached hydrogens (primary N) is 2. The van der Waals surface area contributed by atoms with Gasteiger partial charge in [-0.05, 0) is 0 Å². The summed E-state index contributed by atoms with van der Waals surface area (Å²) in [7, 11) is 0. The van der Waals surface area contributed by atoms with Crippen molar-refractivity contribution in [1.82, 2.24) is 0 Å². The fourth-order valence-corrected chi connectivity index (χ4v) is 2.60. The molecule has 22 heavy (non-hydrogen) atoms. The Labute approximate surface area is 127 Å². The largest absolute Gasteiger partial charge is 0.394 e. The lowest BCUT2D eigenvalue weighted by Gasteiger charge is -2.45. The molecule has 130 valence electrons. The highest BCUT2D eigenvalue weighted by molar-refractivity contribution is 4.95. The molecule has 0 aliphatic carbocycles. The Kier molecular flexibility index (Phi) is 6.07. The molecule has 2 fully saturated rings. The summed E-state index contributed by atoms with van der Waals surface area (Å²) >= 11 is 0. The Morgan fingerprint density at radius 3 is 2.18 bits per heavy atom. The van der Waals surface area contributed by atoms with Crippen LogP contribution in [0.3, 0.4) is 0 Å². The Balaban J connectivity index is 2.09. The van der Waals surface area contributed by atoms with Crippen molar-refractivity contribution in [3.63, 3.8) is 0 Å². The van der Waals surface area contributed by atoms with Crippen molar-refractivity contribution in [1.29, 1.82) is 0 Å². The molecule has 0 aromatic rings. The van der Waals surface area contributed by atoms with Crippen LogP contribution in [0.4, 0.5) is 0 Å². The Hall–Kier alpha value is -0.400. The molecule has 0 aromatic carbocycles. The van der Waals surface area contributed by atoms with Crippen molar-refractivity contribution < 1.29 is 39.7 Å². The lowest BCUT2D eigenvalue weighted by Crippen LogP contribution is -2.66. The molecule has 2 aliphatic heterocycles. The van der Waals surface area contributed by atoms with E-state index in [1.54, 1.807) is 0 Å². The first-order valence-electron chi connectivity index (χ1n) is 7.10. The molecule has 0 bridgehead atoms. The van der Waals surface area contributed by atoms with E-state index in [0.717, 1.165) is 0 Å². The van der Waals surface area contributed by atoms with E-state index in [2.05, 4.69) is 0 Å². The van der Waals surface area contributed by atoms with E-state index >= 15 is 0 Å². The van der Waals surface area contributed by atoms with E-state index in [1.807, 2.05) is 0 Å². The average molecular weight is 324 g/mol. The van der Waals surface area contributed by atoms with Crippen LogP contribution in [0.15, 0.2) is 0 Å². The first-order chi connectivity index (χ1) is 10.4. The van der Waals surface area contributed by atoms with E-state index < -0.39 is 68.2 Å². The van der Waals surface area contributed by atoms with Crippen LogP contribution in [0.2, 0.25) is 0 Å². The van der Waals surface area contributed by atoms with Crippen molar-refractivity contribution in [2.45, 2.75) is 55.0 Å². The van der Waals surface area contributed by atoms with Crippen molar-refractivity contribution >= 4 is 0 Å². The van der Waals surface area contributed by atoms with Crippen molar-refractivity contribution in [2.24, 2.45) is 11.5 Å².